The predicted molar refractivity (Wildman–Crippen MR) is 78.8 cm³/mol. The number of hydrogen-bond acceptors (Lipinski definition) is 5. The van der Waals surface area contributed by atoms with Crippen molar-refractivity contribution in [2.24, 2.45) is 0 Å². The van der Waals surface area contributed by atoms with E-state index in [0.717, 1.165) is 0 Å². The Hall–Kier alpha value is -2.24. The first kappa shape index (κ1) is 15.8. The Bertz CT molecular complexity index is 500. The molecule has 1 aromatic rings. The van der Waals surface area contributed by atoms with Crippen LogP contribution in [0.4, 0.5) is 11.4 Å². The van der Waals surface area contributed by atoms with Gasteiger partial charge in [-0.3, -0.25) is 4.79 Å². The number of carbonyl (C=O) groups excluding carboxylic acids is 2. The first-order valence-electron chi connectivity index (χ1n) is 6.35. The molecule has 1 amide bonds. The van der Waals surface area contributed by atoms with Gasteiger partial charge in [-0.05, 0) is 19.1 Å². The molecule has 6 nitrogen and oxygen atoms in total. The van der Waals surface area contributed by atoms with Crippen molar-refractivity contribution in [3.63, 3.8) is 0 Å². The number of esters is 1. The number of nitrogens with two attached hydrogens (primary N) is 1. The summed E-state index contributed by atoms with van der Waals surface area (Å²) in [5.74, 6) is -0.524. The van der Waals surface area contributed by atoms with Crippen LogP contribution in [0.3, 0.4) is 0 Å². The summed E-state index contributed by atoms with van der Waals surface area (Å²) in [5.41, 5.74) is 7.25. The van der Waals surface area contributed by atoms with E-state index in [1.807, 2.05) is 0 Å². The molecule has 0 aliphatic carbocycles. The van der Waals surface area contributed by atoms with Crippen molar-refractivity contribution in [2.75, 3.05) is 44.9 Å². The molecular weight excluding hydrogens is 258 g/mol. The van der Waals surface area contributed by atoms with Crippen LogP contribution in [0.25, 0.3) is 0 Å². The average molecular weight is 279 g/mol. The minimum atomic E-state index is -0.445. The molecule has 0 spiro atoms. The second-order valence-corrected chi connectivity index (χ2v) is 4.61. The smallest absolute Gasteiger partial charge is 0.340 e. The van der Waals surface area contributed by atoms with Gasteiger partial charge in [0.1, 0.15) is 0 Å². The molecule has 0 aliphatic heterocycles. The Morgan fingerprint density at radius 1 is 1.25 bits per heavy atom. The van der Waals surface area contributed by atoms with E-state index in [4.69, 9.17) is 10.5 Å². The summed E-state index contributed by atoms with van der Waals surface area (Å²) >= 11 is 0. The van der Waals surface area contributed by atoms with E-state index < -0.39 is 5.97 Å². The molecule has 0 saturated heterocycles. The van der Waals surface area contributed by atoms with Gasteiger partial charge in [0.15, 0.2) is 0 Å². The first-order chi connectivity index (χ1) is 9.38. The third-order valence-corrected chi connectivity index (χ3v) is 2.82. The summed E-state index contributed by atoms with van der Waals surface area (Å²) in [4.78, 5) is 26.9. The van der Waals surface area contributed by atoms with E-state index in [0.29, 0.717) is 16.9 Å². The highest BCUT2D eigenvalue weighted by Gasteiger charge is 2.20. The topological polar surface area (TPSA) is 75.9 Å². The molecule has 0 radical (unpaired) electrons. The van der Waals surface area contributed by atoms with Gasteiger partial charge in [-0.1, -0.05) is 6.07 Å². The molecule has 0 aromatic heterocycles. The minimum absolute atomic E-state index is 0.0782. The van der Waals surface area contributed by atoms with E-state index in [1.165, 1.54) is 4.90 Å². The van der Waals surface area contributed by atoms with Gasteiger partial charge < -0.3 is 20.3 Å². The van der Waals surface area contributed by atoms with Crippen molar-refractivity contribution in [1.29, 1.82) is 0 Å². The number of anilines is 2. The zero-order chi connectivity index (χ0) is 15.3. The maximum absolute atomic E-state index is 11.9. The zero-order valence-corrected chi connectivity index (χ0v) is 12.3. The third-order valence-electron chi connectivity index (χ3n) is 2.82. The fraction of sp³-hybridized carbons (Fsp3) is 0.429. The SMILES string of the molecule is CCOC(=O)c1cccc(N)c1N(C)CC(=O)N(C)C. The largest absolute Gasteiger partial charge is 0.462 e. The molecule has 110 valence electrons. The Kier molecular flexibility index (Phi) is 5.37. The van der Waals surface area contributed by atoms with Crippen molar-refractivity contribution in [3.8, 4) is 0 Å². The van der Waals surface area contributed by atoms with Crippen LogP contribution in [-0.2, 0) is 9.53 Å². The maximum Gasteiger partial charge on any atom is 0.340 e. The lowest BCUT2D eigenvalue weighted by Crippen LogP contribution is -2.35. The Balaban J connectivity index is 3.09. The summed E-state index contributed by atoms with van der Waals surface area (Å²) < 4.78 is 5.01. The van der Waals surface area contributed by atoms with Crippen LogP contribution >= 0.6 is 0 Å². The quantitative estimate of drug-likeness (QED) is 0.642. The summed E-state index contributed by atoms with van der Waals surface area (Å²) in [6.45, 7) is 2.16. The number of nitrogen functional groups attached to an aromatic ring is 1. The fourth-order valence-electron chi connectivity index (χ4n) is 1.78. The molecular formula is C14H21N3O3. The van der Waals surface area contributed by atoms with Crippen LogP contribution in [0.15, 0.2) is 18.2 Å². The second-order valence-electron chi connectivity index (χ2n) is 4.61. The van der Waals surface area contributed by atoms with E-state index in [-0.39, 0.29) is 19.1 Å². The predicted octanol–water partition coefficient (Wildman–Crippen LogP) is 0.970. The lowest BCUT2D eigenvalue weighted by Gasteiger charge is -2.24. The number of carbonyl (C=O) groups is 2. The van der Waals surface area contributed by atoms with Crippen LogP contribution in [0, 0.1) is 0 Å². The highest BCUT2D eigenvalue weighted by Crippen LogP contribution is 2.27. The first-order valence-corrected chi connectivity index (χ1v) is 6.35. The van der Waals surface area contributed by atoms with Gasteiger partial charge >= 0.3 is 5.97 Å². The molecule has 0 unspecified atom stereocenters. The van der Waals surface area contributed by atoms with E-state index >= 15 is 0 Å². The fourth-order valence-corrected chi connectivity index (χ4v) is 1.78. The van der Waals surface area contributed by atoms with E-state index in [2.05, 4.69) is 0 Å². The molecule has 0 heterocycles. The summed E-state index contributed by atoms with van der Waals surface area (Å²) in [6.07, 6.45) is 0. The molecule has 1 rings (SSSR count). The van der Waals surface area contributed by atoms with Gasteiger partial charge in [-0.25, -0.2) is 4.79 Å². The van der Waals surface area contributed by atoms with Gasteiger partial charge in [0, 0.05) is 21.1 Å². The molecule has 0 fully saturated rings. The normalized spacial score (nSPS) is 10.0. The van der Waals surface area contributed by atoms with Gasteiger partial charge in [-0.15, -0.1) is 0 Å². The number of para-hydroxylation sites is 1. The summed E-state index contributed by atoms with van der Waals surface area (Å²) in [7, 11) is 5.07. The highest BCUT2D eigenvalue weighted by atomic mass is 16.5. The molecule has 0 aliphatic rings. The Labute approximate surface area is 119 Å². The van der Waals surface area contributed by atoms with Gasteiger partial charge in [-0.2, -0.15) is 0 Å². The lowest BCUT2D eigenvalue weighted by molar-refractivity contribution is -0.127. The Morgan fingerprint density at radius 3 is 2.45 bits per heavy atom. The van der Waals surface area contributed by atoms with Crippen LogP contribution in [0.2, 0.25) is 0 Å². The van der Waals surface area contributed by atoms with Gasteiger partial charge in [0.25, 0.3) is 0 Å². The lowest BCUT2D eigenvalue weighted by atomic mass is 10.1. The number of hydrogen-bond donors (Lipinski definition) is 1. The molecule has 2 N–H and O–H groups in total. The number of rotatable bonds is 5. The van der Waals surface area contributed by atoms with Crippen molar-refractivity contribution < 1.29 is 14.3 Å². The van der Waals surface area contributed by atoms with Crippen molar-refractivity contribution in [3.05, 3.63) is 23.8 Å². The van der Waals surface area contributed by atoms with E-state index in [9.17, 15) is 9.59 Å². The zero-order valence-electron chi connectivity index (χ0n) is 12.3. The number of likely N-dealkylation sites (N-methyl/N-ethyl adjacent to an activating group) is 2. The number of amides is 1. The summed E-state index contributed by atoms with van der Waals surface area (Å²) in [6, 6.07) is 5.02. The van der Waals surface area contributed by atoms with E-state index in [1.54, 1.807) is 51.2 Å². The minimum Gasteiger partial charge on any atom is -0.462 e. The summed E-state index contributed by atoms with van der Waals surface area (Å²) in [5, 5.41) is 0. The maximum atomic E-state index is 11.9. The molecule has 6 heteroatoms. The van der Waals surface area contributed by atoms with Gasteiger partial charge in [0.2, 0.25) is 5.91 Å². The van der Waals surface area contributed by atoms with Gasteiger partial charge in [0.05, 0.1) is 30.1 Å². The van der Waals surface area contributed by atoms with Crippen LogP contribution < -0.4 is 10.6 Å². The van der Waals surface area contributed by atoms with Crippen molar-refractivity contribution in [2.45, 2.75) is 6.92 Å². The van der Waals surface area contributed by atoms with Crippen molar-refractivity contribution >= 4 is 23.3 Å². The van der Waals surface area contributed by atoms with Crippen LogP contribution in [0.1, 0.15) is 17.3 Å². The molecule has 20 heavy (non-hydrogen) atoms. The monoisotopic (exact) mass is 279 g/mol. The molecule has 0 saturated carbocycles. The van der Waals surface area contributed by atoms with Crippen molar-refractivity contribution in [1.82, 2.24) is 4.90 Å². The van der Waals surface area contributed by atoms with Crippen LogP contribution in [-0.4, -0.2) is 51.1 Å². The number of ether oxygens (including phenoxy) is 1. The second kappa shape index (κ2) is 6.79. The number of nitrogens with zero attached hydrogens (tertiary/aromatic N) is 2. The Morgan fingerprint density at radius 2 is 1.90 bits per heavy atom. The average Bonchev–Trinajstić information content (AvgIpc) is 2.38. The molecule has 0 bridgehead atoms. The standard InChI is InChI=1S/C14H21N3O3/c1-5-20-14(19)10-7-6-8-11(15)13(10)17(4)9-12(18)16(2)3/h6-8H,5,9,15H2,1-4H3. The number of benzene rings is 1. The molecule has 1 aromatic carbocycles. The van der Waals surface area contributed by atoms with Crippen LogP contribution in [0.5, 0.6) is 0 Å². The molecule has 0 atom stereocenters. The highest BCUT2D eigenvalue weighted by molar-refractivity contribution is 6.00. The third kappa shape index (κ3) is 3.63.